The summed E-state index contributed by atoms with van der Waals surface area (Å²) >= 11 is 0. The minimum absolute atomic E-state index is 0.157. The molecule has 8 rings (SSSR count). The van der Waals surface area contributed by atoms with E-state index >= 15 is 4.39 Å². The van der Waals surface area contributed by atoms with Gasteiger partial charge in [-0.05, 0) is 110 Å². The lowest BCUT2D eigenvalue weighted by atomic mass is 9.89. The zero-order valence-electron chi connectivity index (χ0n) is 27.5. The first kappa shape index (κ1) is 31.2. The quantitative estimate of drug-likeness (QED) is 0.315. The third-order valence-corrected chi connectivity index (χ3v) is 11.0. The van der Waals surface area contributed by atoms with Crippen LogP contribution in [0.1, 0.15) is 75.7 Å². The molecule has 2 saturated heterocycles. The molecule has 250 valence electrons. The van der Waals surface area contributed by atoms with Gasteiger partial charge in [-0.15, -0.1) is 0 Å². The summed E-state index contributed by atoms with van der Waals surface area (Å²) in [5.74, 6) is -0.221. The molecule has 1 amide bonds. The van der Waals surface area contributed by atoms with Crippen LogP contribution in [0.3, 0.4) is 0 Å². The second-order valence-corrected chi connectivity index (χ2v) is 13.9. The van der Waals surface area contributed by atoms with Crippen LogP contribution < -0.4 is 10.5 Å². The minimum atomic E-state index is -0.509. The average Bonchev–Trinajstić information content (AvgIpc) is 3.46. The largest absolute Gasteiger partial charge is 0.392 e. The number of ether oxygens (including phenoxy) is 1. The standard InChI is InChI=1S/C38H42FN5O4/c1-41-20-28(14-27(37(41)46)15-30-7-6-26(19-40-30)24-8-10-42(11-9-24)31-22-48-23-31)32-17-29(39)18-35(33(32)21-45)44-13-12-43-34-5-3-2-4-25(34)16-36(43)38(44)47/h6-7,14,16-20,24,31,45H,2-5,8-13,15,21-23H2,1H3. The first-order valence-electron chi connectivity index (χ1n) is 17.3. The number of carbonyl (C=O) groups excluding carboxylic acids is 1. The number of anilines is 1. The zero-order valence-corrected chi connectivity index (χ0v) is 27.5. The fourth-order valence-corrected chi connectivity index (χ4v) is 8.22. The minimum Gasteiger partial charge on any atom is -0.392 e. The van der Waals surface area contributed by atoms with Crippen molar-refractivity contribution in [2.24, 2.45) is 7.05 Å². The van der Waals surface area contributed by atoms with Crippen molar-refractivity contribution < 1.29 is 19.0 Å². The van der Waals surface area contributed by atoms with E-state index < -0.39 is 5.82 Å². The Balaban J connectivity index is 1.06. The van der Waals surface area contributed by atoms with Crippen LogP contribution in [0, 0.1) is 5.82 Å². The lowest BCUT2D eigenvalue weighted by Crippen LogP contribution is -2.51. The smallest absolute Gasteiger partial charge is 0.274 e. The number of hydrogen-bond acceptors (Lipinski definition) is 6. The van der Waals surface area contributed by atoms with Gasteiger partial charge in [0.05, 0.1) is 31.5 Å². The Hall–Kier alpha value is -4.12. The van der Waals surface area contributed by atoms with Crippen LogP contribution in [0.5, 0.6) is 0 Å². The Kier molecular flexibility index (Phi) is 8.26. The molecule has 0 radical (unpaired) electrons. The van der Waals surface area contributed by atoms with Crippen molar-refractivity contribution in [3.8, 4) is 11.1 Å². The van der Waals surface area contributed by atoms with Crippen LogP contribution >= 0.6 is 0 Å². The van der Waals surface area contributed by atoms with Gasteiger partial charge in [0.15, 0.2) is 0 Å². The van der Waals surface area contributed by atoms with Crippen LogP contribution in [0.4, 0.5) is 10.1 Å². The molecule has 4 aromatic rings. The maximum atomic E-state index is 15.4. The van der Waals surface area contributed by atoms with Gasteiger partial charge in [-0.25, -0.2) is 4.39 Å². The Bertz CT molecular complexity index is 1920. The fraction of sp³-hybridized carbons (Fsp3) is 0.447. The average molecular weight is 652 g/mol. The van der Waals surface area contributed by atoms with Gasteiger partial charge in [-0.2, -0.15) is 0 Å². The number of aliphatic hydroxyl groups excluding tert-OH is 1. The summed E-state index contributed by atoms with van der Waals surface area (Å²) < 4.78 is 24.4. The molecule has 3 aromatic heterocycles. The number of aryl methyl sites for hydroxylation is 2. The molecular weight excluding hydrogens is 609 g/mol. The molecular formula is C38H42FN5O4. The van der Waals surface area contributed by atoms with Crippen molar-refractivity contribution in [1.29, 1.82) is 0 Å². The molecule has 1 aromatic carbocycles. The topological polar surface area (TPSA) is 92.8 Å². The van der Waals surface area contributed by atoms with Gasteiger partial charge in [0.1, 0.15) is 11.5 Å². The summed E-state index contributed by atoms with van der Waals surface area (Å²) in [6.07, 6.45) is 10.3. The van der Waals surface area contributed by atoms with E-state index in [0.29, 0.717) is 65.1 Å². The Morgan fingerprint density at radius 1 is 1.00 bits per heavy atom. The molecule has 9 nitrogen and oxygen atoms in total. The number of aliphatic hydroxyl groups is 1. The molecule has 0 spiro atoms. The molecule has 2 fully saturated rings. The molecule has 0 bridgehead atoms. The summed E-state index contributed by atoms with van der Waals surface area (Å²) in [7, 11) is 1.68. The number of likely N-dealkylation sites (tertiary alicyclic amines) is 1. The van der Waals surface area contributed by atoms with Crippen LogP contribution in [0.25, 0.3) is 11.1 Å². The van der Waals surface area contributed by atoms with E-state index in [2.05, 4.69) is 15.5 Å². The van der Waals surface area contributed by atoms with Crippen molar-refractivity contribution in [3.63, 3.8) is 0 Å². The number of benzene rings is 1. The number of fused-ring (bicyclic) bond motifs is 3. The number of nitrogens with zero attached hydrogens (tertiary/aromatic N) is 5. The second-order valence-electron chi connectivity index (χ2n) is 13.9. The predicted molar refractivity (Wildman–Crippen MR) is 181 cm³/mol. The predicted octanol–water partition coefficient (Wildman–Crippen LogP) is 4.59. The SMILES string of the molecule is Cn1cc(-c2cc(F)cc(N3CCn4c(cc5c4CCCC5)C3=O)c2CO)cc(Cc2ccc(C3CCN(C4COC4)CC3)cn2)c1=O. The summed E-state index contributed by atoms with van der Waals surface area (Å²) in [6.45, 7) is 4.46. The number of pyridine rings is 2. The summed E-state index contributed by atoms with van der Waals surface area (Å²) in [4.78, 5) is 36.0. The van der Waals surface area contributed by atoms with Crippen molar-refractivity contribution in [3.05, 3.63) is 104 Å². The van der Waals surface area contributed by atoms with Gasteiger partial charge in [0.2, 0.25) is 0 Å². The number of halogens is 1. The van der Waals surface area contributed by atoms with Gasteiger partial charge in [0, 0.05) is 61.5 Å². The van der Waals surface area contributed by atoms with Gasteiger partial charge >= 0.3 is 0 Å². The van der Waals surface area contributed by atoms with E-state index in [0.717, 1.165) is 70.5 Å². The molecule has 1 N–H and O–H groups in total. The highest BCUT2D eigenvalue weighted by atomic mass is 19.1. The van der Waals surface area contributed by atoms with Gasteiger partial charge in [-0.1, -0.05) is 6.07 Å². The van der Waals surface area contributed by atoms with Gasteiger partial charge in [0.25, 0.3) is 11.5 Å². The summed E-state index contributed by atoms with van der Waals surface area (Å²) in [5, 5.41) is 10.7. The van der Waals surface area contributed by atoms with Gasteiger partial charge < -0.3 is 23.9 Å². The zero-order chi connectivity index (χ0) is 32.9. The first-order chi connectivity index (χ1) is 23.4. The normalized spacial score (nSPS) is 18.9. The molecule has 1 aliphatic carbocycles. The molecule has 0 saturated carbocycles. The Morgan fingerprint density at radius 2 is 1.81 bits per heavy atom. The van der Waals surface area contributed by atoms with Crippen molar-refractivity contribution >= 4 is 11.6 Å². The van der Waals surface area contributed by atoms with E-state index in [1.165, 1.54) is 33.5 Å². The molecule has 0 atom stereocenters. The van der Waals surface area contributed by atoms with Crippen LogP contribution in [0.2, 0.25) is 0 Å². The Morgan fingerprint density at radius 3 is 2.54 bits per heavy atom. The Labute approximate surface area is 279 Å². The number of piperidine rings is 1. The van der Waals surface area contributed by atoms with Crippen molar-refractivity contribution in [2.45, 2.75) is 70.1 Å². The lowest BCUT2D eigenvalue weighted by Gasteiger charge is -2.41. The molecule has 10 heteroatoms. The maximum absolute atomic E-state index is 15.4. The van der Waals surface area contributed by atoms with E-state index in [9.17, 15) is 14.7 Å². The summed E-state index contributed by atoms with van der Waals surface area (Å²) in [6, 6.07) is 11.2. The number of aromatic nitrogens is 3. The highest BCUT2D eigenvalue weighted by molar-refractivity contribution is 6.07. The highest BCUT2D eigenvalue weighted by Crippen LogP contribution is 2.37. The van der Waals surface area contributed by atoms with Crippen LogP contribution in [-0.2, 0) is 44.2 Å². The number of carbonyl (C=O) groups is 1. The molecule has 48 heavy (non-hydrogen) atoms. The highest BCUT2D eigenvalue weighted by Gasteiger charge is 2.33. The molecule has 3 aliphatic heterocycles. The van der Waals surface area contributed by atoms with E-state index in [-0.39, 0.29) is 18.1 Å². The molecule has 0 unspecified atom stereocenters. The van der Waals surface area contributed by atoms with Gasteiger partial charge in [-0.3, -0.25) is 19.5 Å². The van der Waals surface area contributed by atoms with Crippen molar-refractivity contribution in [1.82, 2.24) is 19.0 Å². The maximum Gasteiger partial charge on any atom is 0.274 e. The third-order valence-electron chi connectivity index (χ3n) is 11.0. The van der Waals surface area contributed by atoms with E-state index in [1.54, 1.807) is 24.2 Å². The van der Waals surface area contributed by atoms with Crippen LogP contribution in [0.15, 0.2) is 53.6 Å². The van der Waals surface area contributed by atoms with E-state index in [1.807, 2.05) is 18.3 Å². The van der Waals surface area contributed by atoms with Crippen LogP contribution in [-0.4, -0.2) is 68.9 Å². The first-order valence-corrected chi connectivity index (χ1v) is 17.3. The second kappa shape index (κ2) is 12.7. The molecule has 4 aliphatic rings. The number of hydrogen-bond donors (Lipinski definition) is 1. The lowest BCUT2D eigenvalue weighted by molar-refractivity contribution is -0.0712. The summed E-state index contributed by atoms with van der Waals surface area (Å²) in [5.41, 5.74) is 7.35. The number of amides is 1. The monoisotopic (exact) mass is 651 g/mol. The van der Waals surface area contributed by atoms with Crippen molar-refractivity contribution in [2.75, 3.05) is 37.7 Å². The number of rotatable bonds is 7. The van der Waals surface area contributed by atoms with E-state index in [4.69, 9.17) is 9.72 Å². The third kappa shape index (κ3) is 5.59. The molecule has 6 heterocycles. The fourth-order valence-electron chi connectivity index (χ4n) is 8.22.